The van der Waals surface area contributed by atoms with Crippen molar-refractivity contribution >= 4 is 16.9 Å². The molecule has 1 aromatic heterocycles. The first-order valence-corrected chi connectivity index (χ1v) is 17.6. The molecular weight excluding hydrogens is 592 g/mol. The Bertz CT molecular complexity index is 1200. The van der Waals surface area contributed by atoms with Gasteiger partial charge in [-0.3, -0.25) is 4.79 Å². The fourth-order valence-corrected chi connectivity index (χ4v) is 5.87. The summed E-state index contributed by atoms with van der Waals surface area (Å²) in [7, 11) is 0. The minimum absolute atomic E-state index is 0.0983. The fraction of sp³-hybridized carbons (Fsp3) is 0.722. The predicted octanol–water partition coefficient (Wildman–Crippen LogP) is 6.66. The van der Waals surface area contributed by atoms with Crippen LogP contribution in [0.25, 0.3) is 11.0 Å². The van der Waals surface area contributed by atoms with E-state index >= 15 is 0 Å². The van der Waals surface area contributed by atoms with Crippen molar-refractivity contribution in [2.45, 2.75) is 160 Å². The van der Waals surface area contributed by atoms with Crippen LogP contribution >= 0.6 is 0 Å². The summed E-state index contributed by atoms with van der Waals surface area (Å²) in [5.41, 5.74) is -0.446. The van der Waals surface area contributed by atoms with E-state index in [-0.39, 0.29) is 30.1 Å². The van der Waals surface area contributed by atoms with Crippen LogP contribution < -0.4 is 10.4 Å². The summed E-state index contributed by atoms with van der Waals surface area (Å²) >= 11 is 0. The lowest BCUT2D eigenvalue weighted by molar-refractivity contribution is -0.278. The quantitative estimate of drug-likeness (QED) is 0.0584. The lowest BCUT2D eigenvalue weighted by Crippen LogP contribution is -2.60. The number of unbranched alkanes of at least 4 members (excludes halogenated alkanes) is 17. The maximum absolute atomic E-state index is 12.3. The van der Waals surface area contributed by atoms with E-state index < -0.39 is 42.3 Å². The van der Waals surface area contributed by atoms with E-state index in [0.717, 1.165) is 19.3 Å². The van der Waals surface area contributed by atoms with Crippen molar-refractivity contribution in [2.75, 3.05) is 6.61 Å². The minimum atomic E-state index is -1.65. The fourth-order valence-electron chi connectivity index (χ4n) is 5.87. The van der Waals surface area contributed by atoms with Gasteiger partial charge in [0.2, 0.25) is 6.29 Å². The number of benzene rings is 1. The number of rotatable bonds is 23. The Morgan fingerprint density at radius 3 is 1.85 bits per heavy atom. The Kier molecular flexibility index (Phi) is 17.5. The minimum Gasteiger partial charge on any atom is -0.504 e. The van der Waals surface area contributed by atoms with E-state index in [9.17, 15) is 30.0 Å². The molecule has 5 unspecified atom stereocenters. The molecule has 4 N–H and O–H groups in total. The van der Waals surface area contributed by atoms with Crippen LogP contribution in [0.5, 0.6) is 11.5 Å². The van der Waals surface area contributed by atoms with Crippen LogP contribution in [0.1, 0.15) is 129 Å². The lowest BCUT2D eigenvalue weighted by Gasteiger charge is -2.39. The predicted molar refractivity (Wildman–Crippen MR) is 176 cm³/mol. The van der Waals surface area contributed by atoms with Crippen LogP contribution in [-0.4, -0.2) is 63.7 Å². The summed E-state index contributed by atoms with van der Waals surface area (Å²) in [6, 6.07) is 5.26. The van der Waals surface area contributed by atoms with Gasteiger partial charge in [0.1, 0.15) is 36.6 Å². The van der Waals surface area contributed by atoms with Crippen molar-refractivity contribution < 1.29 is 43.8 Å². The van der Waals surface area contributed by atoms with Gasteiger partial charge >= 0.3 is 11.6 Å². The Balaban J connectivity index is 1.23. The third-order valence-electron chi connectivity index (χ3n) is 8.76. The topological polar surface area (TPSA) is 156 Å². The van der Waals surface area contributed by atoms with E-state index in [1.54, 1.807) is 0 Å². The van der Waals surface area contributed by atoms with Crippen LogP contribution in [0.4, 0.5) is 0 Å². The maximum atomic E-state index is 12.3. The van der Waals surface area contributed by atoms with E-state index in [4.69, 9.17) is 18.6 Å². The summed E-state index contributed by atoms with van der Waals surface area (Å²) < 4.78 is 21.6. The summed E-state index contributed by atoms with van der Waals surface area (Å²) in [4.78, 5) is 23.7. The molecule has 0 bridgehead atoms. The normalized spacial score (nSPS) is 21.4. The Labute approximate surface area is 273 Å². The van der Waals surface area contributed by atoms with Gasteiger partial charge in [-0.2, -0.15) is 0 Å². The highest BCUT2D eigenvalue weighted by Crippen LogP contribution is 2.34. The van der Waals surface area contributed by atoms with Gasteiger partial charge in [0, 0.05) is 23.9 Å². The smallest absolute Gasteiger partial charge is 0.336 e. The zero-order valence-corrected chi connectivity index (χ0v) is 27.6. The van der Waals surface area contributed by atoms with E-state index in [0.29, 0.717) is 11.8 Å². The van der Waals surface area contributed by atoms with Gasteiger partial charge in [-0.05, 0) is 18.6 Å². The van der Waals surface area contributed by atoms with Crippen LogP contribution in [0, 0.1) is 0 Å². The molecule has 0 spiro atoms. The Morgan fingerprint density at radius 1 is 0.739 bits per heavy atom. The summed E-state index contributed by atoms with van der Waals surface area (Å²) in [6.07, 6.45) is 15.6. The van der Waals surface area contributed by atoms with Gasteiger partial charge < -0.3 is 39.1 Å². The number of carbonyl (C=O) groups is 1. The highest BCUT2D eigenvalue weighted by Gasteiger charge is 2.45. The molecule has 1 saturated heterocycles. The molecule has 10 nitrogen and oxygen atoms in total. The monoisotopic (exact) mass is 648 g/mol. The van der Waals surface area contributed by atoms with Crippen molar-refractivity contribution in [2.24, 2.45) is 0 Å². The second-order valence-corrected chi connectivity index (χ2v) is 12.7. The van der Waals surface area contributed by atoms with Crippen molar-refractivity contribution in [3.05, 3.63) is 34.7 Å². The molecule has 1 aliphatic rings. The van der Waals surface area contributed by atoms with E-state index in [1.165, 1.54) is 114 Å². The van der Waals surface area contributed by atoms with Gasteiger partial charge in [0.25, 0.3) is 0 Å². The van der Waals surface area contributed by atoms with Crippen molar-refractivity contribution in [3.8, 4) is 11.5 Å². The number of carbonyl (C=O) groups excluding carboxylic acids is 1. The van der Waals surface area contributed by atoms with Crippen molar-refractivity contribution in [3.63, 3.8) is 0 Å². The number of aliphatic hydroxyl groups excluding tert-OH is 3. The molecule has 1 fully saturated rings. The second-order valence-electron chi connectivity index (χ2n) is 12.7. The average Bonchev–Trinajstić information content (AvgIpc) is 3.04. The second kappa shape index (κ2) is 21.3. The molecule has 2 heterocycles. The highest BCUT2D eigenvalue weighted by atomic mass is 16.7. The molecule has 5 atom stereocenters. The first-order valence-electron chi connectivity index (χ1n) is 17.6. The zero-order valence-electron chi connectivity index (χ0n) is 27.6. The Hall–Kier alpha value is -2.66. The molecule has 2 aromatic rings. The molecule has 0 saturated carbocycles. The van der Waals surface area contributed by atoms with Crippen LogP contribution in [0.3, 0.4) is 0 Å². The van der Waals surface area contributed by atoms with Crippen molar-refractivity contribution in [1.82, 2.24) is 0 Å². The zero-order chi connectivity index (χ0) is 33.1. The van der Waals surface area contributed by atoms with Crippen LogP contribution in [0.15, 0.2) is 33.5 Å². The summed E-state index contributed by atoms with van der Waals surface area (Å²) in [6.45, 7) is 1.93. The number of hydrogen-bond acceptors (Lipinski definition) is 10. The highest BCUT2D eigenvalue weighted by molar-refractivity contribution is 5.80. The number of phenols is 1. The van der Waals surface area contributed by atoms with E-state index in [2.05, 4.69) is 6.92 Å². The number of ether oxygens (including phenoxy) is 3. The van der Waals surface area contributed by atoms with Crippen molar-refractivity contribution in [1.29, 1.82) is 0 Å². The molecule has 1 aromatic carbocycles. The number of fused-ring (bicyclic) bond motifs is 1. The molecule has 3 rings (SSSR count). The number of phenolic OH excluding ortho intramolecular Hbond substituents is 1. The van der Waals surface area contributed by atoms with Crippen LogP contribution in [0.2, 0.25) is 0 Å². The molecule has 1 aliphatic heterocycles. The van der Waals surface area contributed by atoms with Gasteiger partial charge in [0.05, 0.1) is 0 Å². The lowest BCUT2D eigenvalue weighted by atomic mass is 9.99. The molecule has 260 valence electrons. The first kappa shape index (κ1) is 37.8. The Morgan fingerprint density at radius 2 is 1.28 bits per heavy atom. The molecule has 10 heteroatoms. The van der Waals surface area contributed by atoms with Gasteiger partial charge in [-0.15, -0.1) is 0 Å². The molecule has 46 heavy (non-hydrogen) atoms. The third-order valence-corrected chi connectivity index (χ3v) is 8.76. The summed E-state index contributed by atoms with van der Waals surface area (Å²) in [5, 5.41) is 41.9. The molecule has 0 amide bonds. The largest absolute Gasteiger partial charge is 0.504 e. The van der Waals surface area contributed by atoms with Crippen LogP contribution in [-0.2, 0) is 14.3 Å². The molecule has 0 aliphatic carbocycles. The molecule has 0 radical (unpaired) electrons. The summed E-state index contributed by atoms with van der Waals surface area (Å²) in [5.74, 6) is -0.913. The maximum Gasteiger partial charge on any atom is 0.336 e. The number of hydrogen-bond donors (Lipinski definition) is 4. The number of aliphatic hydroxyl groups is 3. The number of aromatic hydroxyl groups is 1. The third kappa shape index (κ3) is 13.2. The van der Waals surface area contributed by atoms with Gasteiger partial charge in [0.15, 0.2) is 11.5 Å². The van der Waals surface area contributed by atoms with Gasteiger partial charge in [-0.1, -0.05) is 116 Å². The first-order chi connectivity index (χ1) is 22.3. The average molecular weight is 649 g/mol. The number of esters is 1. The van der Waals surface area contributed by atoms with E-state index in [1.807, 2.05) is 0 Å². The SMILES string of the molecule is CCCCCCCCCCCCCCCCCCCCC(=O)OCC1OC(Oc2cc3ccc(=O)oc3cc2O)C(O)C(O)C1O. The standard InChI is InChI=1S/C36H56O10/c1-2-3-4-5-6-7-8-9-10-11-12-13-14-15-16-17-18-19-20-31(38)43-25-30-33(40)34(41)35(42)36(46-30)45-29-23-26-21-22-32(39)44-28(26)24-27(29)37/h21-24,30,33-37,40-42H,2-20,25H2,1H3. The van der Waals surface area contributed by atoms with Gasteiger partial charge in [-0.25, -0.2) is 4.79 Å². The molecular formula is C36H56O10.